The first-order chi connectivity index (χ1) is 29.6. The monoisotopic (exact) mass is 835 g/mol. The molecule has 0 bridgehead atoms. The van der Waals surface area contributed by atoms with Crippen LogP contribution in [0.15, 0.2) is 85.1 Å². The summed E-state index contributed by atoms with van der Waals surface area (Å²) in [6.45, 7) is 7.63. The number of allylic oxidation sites excluding steroid dienone is 14. The first kappa shape index (κ1) is 57.1. The fraction of sp³-hybridized carbons (Fsp3) is 0.709. The summed E-state index contributed by atoms with van der Waals surface area (Å²) in [4.78, 5) is 25.3. The minimum atomic E-state index is -0.555. The number of unbranched alkanes of at least 4 members (excludes halogenated alkanes) is 20. The van der Waals surface area contributed by atoms with Gasteiger partial charge in [-0.3, -0.25) is 9.59 Å². The molecule has 0 saturated carbocycles. The van der Waals surface area contributed by atoms with Gasteiger partial charge in [-0.25, -0.2) is 0 Å². The van der Waals surface area contributed by atoms with Gasteiger partial charge in [0, 0.05) is 19.4 Å². The van der Waals surface area contributed by atoms with Crippen LogP contribution in [-0.2, 0) is 23.8 Å². The third-order valence-electron chi connectivity index (χ3n) is 10.4. The van der Waals surface area contributed by atoms with Gasteiger partial charge in [-0.15, -0.1) is 0 Å². The second-order valence-electron chi connectivity index (χ2n) is 16.3. The van der Waals surface area contributed by atoms with Crippen LogP contribution in [-0.4, -0.2) is 37.9 Å². The zero-order valence-corrected chi connectivity index (χ0v) is 39.5. The molecule has 5 nitrogen and oxygen atoms in total. The summed E-state index contributed by atoms with van der Waals surface area (Å²) in [5.74, 6) is -0.441. The molecule has 0 fully saturated rings. The van der Waals surface area contributed by atoms with Crippen LogP contribution in [0.25, 0.3) is 0 Å². The molecule has 1 atom stereocenters. The normalized spacial score (nSPS) is 12.9. The van der Waals surface area contributed by atoms with Crippen LogP contribution < -0.4 is 0 Å². The van der Waals surface area contributed by atoms with Crippen molar-refractivity contribution in [2.75, 3.05) is 19.8 Å². The largest absolute Gasteiger partial charge is 0.462 e. The van der Waals surface area contributed by atoms with Crippen LogP contribution in [0.4, 0.5) is 0 Å². The van der Waals surface area contributed by atoms with Crippen molar-refractivity contribution in [3.63, 3.8) is 0 Å². The van der Waals surface area contributed by atoms with Gasteiger partial charge in [0.25, 0.3) is 0 Å². The van der Waals surface area contributed by atoms with Gasteiger partial charge in [-0.05, 0) is 96.3 Å². The zero-order chi connectivity index (χ0) is 43.5. The Morgan fingerprint density at radius 1 is 0.383 bits per heavy atom. The van der Waals surface area contributed by atoms with E-state index in [-0.39, 0.29) is 25.2 Å². The van der Waals surface area contributed by atoms with Crippen LogP contribution in [0, 0.1) is 0 Å². The molecule has 0 saturated heterocycles. The summed E-state index contributed by atoms with van der Waals surface area (Å²) in [6.07, 6.45) is 65.9. The van der Waals surface area contributed by atoms with Gasteiger partial charge in [0.2, 0.25) is 0 Å². The molecule has 0 spiro atoms. The van der Waals surface area contributed by atoms with Crippen molar-refractivity contribution in [3.05, 3.63) is 85.1 Å². The van der Waals surface area contributed by atoms with Crippen LogP contribution in [0.2, 0.25) is 0 Å². The Morgan fingerprint density at radius 2 is 0.750 bits per heavy atom. The average molecular weight is 835 g/mol. The van der Waals surface area contributed by atoms with Gasteiger partial charge in [-0.1, -0.05) is 202 Å². The average Bonchev–Trinajstić information content (AvgIpc) is 3.25. The van der Waals surface area contributed by atoms with Crippen LogP contribution in [0.3, 0.4) is 0 Å². The molecular weight excluding hydrogens is 741 g/mol. The molecule has 0 aliphatic rings. The third-order valence-corrected chi connectivity index (χ3v) is 10.4. The Kier molecular flexibility index (Phi) is 48.0. The molecule has 1 unspecified atom stereocenters. The van der Waals surface area contributed by atoms with Crippen molar-refractivity contribution in [2.24, 2.45) is 0 Å². The first-order valence-electron chi connectivity index (χ1n) is 25.1. The molecule has 5 heteroatoms. The lowest BCUT2D eigenvalue weighted by Crippen LogP contribution is -2.30. The summed E-state index contributed by atoms with van der Waals surface area (Å²) >= 11 is 0. The van der Waals surface area contributed by atoms with Crippen molar-refractivity contribution in [1.29, 1.82) is 0 Å². The first-order valence-corrected chi connectivity index (χ1v) is 25.1. The van der Waals surface area contributed by atoms with E-state index >= 15 is 0 Å². The molecule has 0 heterocycles. The molecule has 0 radical (unpaired) electrons. The Bertz CT molecular complexity index is 1130. The summed E-state index contributed by atoms with van der Waals surface area (Å²) in [6, 6.07) is 0. The predicted octanol–water partition coefficient (Wildman–Crippen LogP) is 16.9. The minimum absolute atomic E-state index is 0.0658. The molecule has 0 aliphatic carbocycles. The van der Waals surface area contributed by atoms with E-state index in [1.165, 1.54) is 83.5 Å². The molecular formula is C55H94O5. The summed E-state index contributed by atoms with van der Waals surface area (Å²) in [5, 5.41) is 0. The lowest BCUT2D eigenvalue weighted by Gasteiger charge is -2.18. The third kappa shape index (κ3) is 47.8. The summed E-state index contributed by atoms with van der Waals surface area (Å²) in [7, 11) is 0. The second-order valence-corrected chi connectivity index (χ2v) is 16.3. The van der Waals surface area contributed by atoms with E-state index in [9.17, 15) is 9.59 Å². The highest BCUT2D eigenvalue weighted by molar-refractivity contribution is 5.70. The van der Waals surface area contributed by atoms with Crippen molar-refractivity contribution in [1.82, 2.24) is 0 Å². The predicted molar refractivity (Wildman–Crippen MR) is 260 cm³/mol. The van der Waals surface area contributed by atoms with Gasteiger partial charge in [0.05, 0.1) is 6.61 Å². The molecule has 0 N–H and O–H groups in total. The van der Waals surface area contributed by atoms with E-state index in [0.717, 1.165) is 109 Å². The van der Waals surface area contributed by atoms with E-state index in [0.29, 0.717) is 19.4 Å². The SMILES string of the molecule is CC/C=C\C/C=C\C/C=C\C/C=C\CCCCCCC(=O)OC(COCCCCCCCCCC)COC(=O)CCCCCCCC/C=C\C/C=C\C/C=C\CCCCC. The number of hydrogen-bond acceptors (Lipinski definition) is 5. The Hall–Kier alpha value is -2.92. The van der Waals surface area contributed by atoms with Gasteiger partial charge in [0.1, 0.15) is 6.61 Å². The quantitative estimate of drug-likeness (QED) is 0.0347. The molecule has 60 heavy (non-hydrogen) atoms. The Morgan fingerprint density at radius 3 is 1.23 bits per heavy atom. The molecule has 0 aromatic heterocycles. The topological polar surface area (TPSA) is 61.8 Å². The van der Waals surface area contributed by atoms with E-state index < -0.39 is 6.10 Å². The highest BCUT2D eigenvalue weighted by atomic mass is 16.6. The van der Waals surface area contributed by atoms with Crippen molar-refractivity contribution in [2.45, 2.75) is 232 Å². The Balaban J connectivity index is 4.24. The maximum absolute atomic E-state index is 12.7. The van der Waals surface area contributed by atoms with Crippen LogP contribution in [0.1, 0.15) is 226 Å². The van der Waals surface area contributed by atoms with Crippen LogP contribution in [0.5, 0.6) is 0 Å². The molecule has 0 aromatic carbocycles. The number of carbonyl (C=O) groups excluding carboxylic acids is 2. The number of ether oxygens (including phenoxy) is 3. The maximum atomic E-state index is 12.7. The lowest BCUT2D eigenvalue weighted by atomic mass is 10.1. The minimum Gasteiger partial charge on any atom is -0.462 e. The molecule has 0 aromatic rings. The maximum Gasteiger partial charge on any atom is 0.306 e. The van der Waals surface area contributed by atoms with E-state index in [1.807, 2.05) is 0 Å². The van der Waals surface area contributed by atoms with E-state index in [4.69, 9.17) is 14.2 Å². The fourth-order valence-electron chi connectivity index (χ4n) is 6.68. The highest BCUT2D eigenvalue weighted by Gasteiger charge is 2.17. The number of carbonyl (C=O) groups is 2. The van der Waals surface area contributed by atoms with Gasteiger partial charge < -0.3 is 14.2 Å². The van der Waals surface area contributed by atoms with Crippen molar-refractivity contribution in [3.8, 4) is 0 Å². The Labute approximate surface area is 371 Å². The van der Waals surface area contributed by atoms with Crippen LogP contribution >= 0.6 is 0 Å². The van der Waals surface area contributed by atoms with E-state index in [2.05, 4.69) is 106 Å². The van der Waals surface area contributed by atoms with Gasteiger partial charge >= 0.3 is 11.9 Å². The van der Waals surface area contributed by atoms with E-state index in [1.54, 1.807) is 0 Å². The number of hydrogen-bond donors (Lipinski definition) is 0. The second kappa shape index (κ2) is 50.4. The van der Waals surface area contributed by atoms with Gasteiger partial charge in [-0.2, -0.15) is 0 Å². The fourth-order valence-corrected chi connectivity index (χ4v) is 6.68. The number of rotatable bonds is 45. The summed E-state index contributed by atoms with van der Waals surface area (Å²) in [5.41, 5.74) is 0. The van der Waals surface area contributed by atoms with Crippen molar-refractivity contribution >= 4 is 11.9 Å². The van der Waals surface area contributed by atoms with Gasteiger partial charge in [0.15, 0.2) is 6.10 Å². The highest BCUT2D eigenvalue weighted by Crippen LogP contribution is 2.13. The lowest BCUT2D eigenvalue weighted by molar-refractivity contribution is -0.163. The smallest absolute Gasteiger partial charge is 0.306 e. The molecule has 0 amide bonds. The molecule has 344 valence electrons. The zero-order valence-electron chi connectivity index (χ0n) is 39.5. The van der Waals surface area contributed by atoms with Crippen molar-refractivity contribution < 1.29 is 23.8 Å². The number of esters is 2. The standard InChI is InChI=1S/C55H94O5/c1-4-7-10-13-16-19-21-23-25-27-28-30-31-33-35-37-39-42-45-48-54(56)59-52-53(51-58-50-47-44-41-18-15-12-9-6-3)60-55(57)49-46-43-40-38-36-34-32-29-26-24-22-20-17-14-11-8-5-2/h8,11,16-17,19-20,23-26,28,30,32,34,53H,4-7,9-10,12-15,18,21-22,27,29,31,33,35-52H2,1-3H3/b11-8-,19-16-,20-17-,25-23-,26-24-,30-28-,34-32-. The summed E-state index contributed by atoms with van der Waals surface area (Å²) < 4.78 is 17.3. The molecule has 0 aliphatic heterocycles. The molecule has 0 rings (SSSR count).